The number of nitrogens with one attached hydrogen (secondary N) is 1. The SMILES string of the molecule is COCCOCCOc1c(C#N)cnc2ccc(/C=C3\SC(NC4CC4)=NC3=O)cc12. The fourth-order valence-electron chi connectivity index (χ4n) is 2.98. The van der Waals surface area contributed by atoms with E-state index in [2.05, 4.69) is 21.4 Å². The number of methoxy groups -OCH3 is 1. The molecule has 1 saturated carbocycles. The Balaban J connectivity index is 1.53. The molecule has 0 radical (unpaired) electrons. The Morgan fingerprint density at radius 3 is 2.90 bits per heavy atom. The summed E-state index contributed by atoms with van der Waals surface area (Å²) in [6.45, 7) is 1.66. The zero-order chi connectivity index (χ0) is 21.6. The molecule has 1 N–H and O–H groups in total. The number of nitriles is 1. The molecule has 2 heterocycles. The second-order valence-electron chi connectivity index (χ2n) is 7.09. The number of carbonyl (C=O) groups excluding carboxylic acids is 1. The number of benzene rings is 1. The molecule has 4 rings (SSSR count). The van der Waals surface area contributed by atoms with E-state index >= 15 is 0 Å². The Labute approximate surface area is 184 Å². The van der Waals surface area contributed by atoms with Crippen molar-refractivity contribution in [1.82, 2.24) is 10.3 Å². The molecule has 9 heteroatoms. The van der Waals surface area contributed by atoms with Gasteiger partial charge in [-0.1, -0.05) is 6.07 Å². The van der Waals surface area contributed by atoms with E-state index in [0.717, 1.165) is 18.4 Å². The maximum atomic E-state index is 12.3. The Kier molecular flexibility index (Phi) is 6.82. The molecule has 8 nitrogen and oxygen atoms in total. The van der Waals surface area contributed by atoms with Crippen molar-refractivity contribution in [3.63, 3.8) is 0 Å². The van der Waals surface area contributed by atoms with Crippen LogP contribution in [0.4, 0.5) is 0 Å². The van der Waals surface area contributed by atoms with Gasteiger partial charge >= 0.3 is 0 Å². The van der Waals surface area contributed by atoms with E-state index in [1.54, 1.807) is 13.2 Å². The minimum absolute atomic E-state index is 0.248. The van der Waals surface area contributed by atoms with Gasteiger partial charge in [-0.15, -0.1) is 0 Å². The van der Waals surface area contributed by atoms with Gasteiger partial charge in [0.25, 0.3) is 5.91 Å². The third-order valence-electron chi connectivity index (χ3n) is 4.69. The van der Waals surface area contributed by atoms with Crippen molar-refractivity contribution in [2.75, 3.05) is 33.5 Å². The lowest BCUT2D eigenvalue weighted by Crippen LogP contribution is -2.20. The number of aliphatic imine (C=N–C) groups is 1. The summed E-state index contributed by atoms with van der Waals surface area (Å²) in [7, 11) is 1.61. The van der Waals surface area contributed by atoms with Gasteiger partial charge < -0.3 is 19.5 Å². The lowest BCUT2D eigenvalue weighted by atomic mass is 10.1. The predicted molar refractivity (Wildman–Crippen MR) is 119 cm³/mol. The number of fused-ring (bicyclic) bond motifs is 1. The molecule has 31 heavy (non-hydrogen) atoms. The molecule has 0 atom stereocenters. The largest absolute Gasteiger partial charge is 0.489 e. The lowest BCUT2D eigenvalue weighted by molar-refractivity contribution is -0.113. The highest BCUT2D eigenvalue weighted by Crippen LogP contribution is 2.33. The molecule has 2 aliphatic rings. The fraction of sp³-hybridized carbons (Fsp3) is 0.364. The first-order chi connectivity index (χ1) is 15.2. The Morgan fingerprint density at radius 1 is 1.29 bits per heavy atom. The van der Waals surface area contributed by atoms with Crippen LogP contribution in [0.2, 0.25) is 0 Å². The van der Waals surface area contributed by atoms with Crippen LogP contribution in [-0.4, -0.2) is 55.6 Å². The van der Waals surface area contributed by atoms with Crippen molar-refractivity contribution in [1.29, 1.82) is 5.26 Å². The van der Waals surface area contributed by atoms with Crippen molar-refractivity contribution >= 4 is 39.8 Å². The quantitative estimate of drug-likeness (QED) is 0.471. The van der Waals surface area contributed by atoms with Gasteiger partial charge in [-0.3, -0.25) is 9.78 Å². The van der Waals surface area contributed by atoms with Crippen LogP contribution in [0.3, 0.4) is 0 Å². The minimum atomic E-state index is -0.248. The van der Waals surface area contributed by atoms with E-state index in [1.807, 2.05) is 18.2 Å². The molecule has 1 fully saturated rings. The number of aromatic nitrogens is 1. The van der Waals surface area contributed by atoms with E-state index in [0.29, 0.717) is 64.8 Å². The zero-order valence-electron chi connectivity index (χ0n) is 17.1. The van der Waals surface area contributed by atoms with E-state index < -0.39 is 0 Å². The highest BCUT2D eigenvalue weighted by atomic mass is 32.2. The average molecular weight is 439 g/mol. The van der Waals surface area contributed by atoms with Crippen LogP contribution in [0, 0.1) is 11.3 Å². The molecule has 0 saturated heterocycles. The topological polar surface area (TPSA) is 106 Å². The van der Waals surface area contributed by atoms with Gasteiger partial charge in [0.15, 0.2) is 5.17 Å². The van der Waals surface area contributed by atoms with Crippen molar-refractivity contribution < 1.29 is 19.0 Å². The fourth-order valence-corrected chi connectivity index (χ4v) is 3.87. The van der Waals surface area contributed by atoms with Gasteiger partial charge in [0.05, 0.1) is 30.2 Å². The van der Waals surface area contributed by atoms with Crippen molar-refractivity contribution in [3.05, 3.63) is 40.4 Å². The average Bonchev–Trinajstić information content (AvgIpc) is 3.52. The molecule has 0 unspecified atom stereocenters. The van der Waals surface area contributed by atoms with Crippen molar-refractivity contribution in [3.8, 4) is 11.8 Å². The van der Waals surface area contributed by atoms with Crippen LogP contribution >= 0.6 is 11.8 Å². The van der Waals surface area contributed by atoms with Crippen LogP contribution < -0.4 is 10.1 Å². The first kappa shape index (κ1) is 21.3. The summed E-state index contributed by atoms with van der Waals surface area (Å²) in [4.78, 5) is 21.2. The molecule has 1 aromatic heterocycles. The summed E-state index contributed by atoms with van der Waals surface area (Å²) in [6.07, 6.45) is 5.54. The van der Waals surface area contributed by atoms with Crippen molar-refractivity contribution in [2.24, 2.45) is 4.99 Å². The number of amidine groups is 1. The Morgan fingerprint density at radius 2 is 2.13 bits per heavy atom. The van der Waals surface area contributed by atoms with Gasteiger partial charge in [-0.25, -0.2) is 0 Å². The number of nitrogens with zero attached hydrogens (tertiary/aromatic N) is 3. The number of ether oxygens (including phenoxy) is 3. The van der Waals surface area contributed by atoms with Gasteiger partial charge in [0.2, 0.25) is 0 Å². The molecule has 0 spiro atoms. The maximum Gasteiger partial charge on any atom is 0.286 e. The second kappa shape index (κ2) is 9.92. The minimum Gasteiger partial charge on any atom is -0.489 e. The molecular weight excluding hydrogens is 416 g/mol. The molecule has 1 aliphatic carbocycles. The second-order valence-corrected chi connectivity index (χ2v) is 8.13. The van der Waals surface area contributed by atoms with Crippen molar-refractivity contribution in [2.45, 2.75) is 18.9 Å². The van der Waals surface area contributed by atoms with Gasteiger partial charge in [-0.2, -0.15) is 10.3 Å². The summed E-state index contributed by atoms with van der Waals surface area (Å²) in [5.74, 6) is 0.211. The standard InChI is InChI=1S/C22H22N4O4S/c1-28-6-7-29-8-9-30-20-15(12-23)13-24-18-5-2-14(10-17(18)20)11-19-21(27)26-22(31-19)25-16-3-4-16/h2,5,10-11,13,16H,3-4,6-9H2,1H3,(H,25,26,27)/b19-11-. The van der Waals surface area contributed by atoms with Gasteiger partial charge in [-0.05, 0) is 48.4 Å². The molecule has 0 bridgehead atoms. The monoisotopic (exact) mass is 438 g/mol. The van der Waals surface area contributed by atoms with E-state index in [4.69, 9.17) is 14.2 Å². The van der Waals surface area contributed by atoms with E-state index in [9.17, 15) is 10.1 Å². The first-order valence-electron chi connectivity index (χ1n) is 9.99. The number of amides is 1. The highest BCUT2D eigenvalue weighted by Gasteiger charge is 2.28. The van der Waals surface area contributed by atoms with Crippen LogP contribution in [0.15, 0.2) is 34.3 Å². The number of hydrogen-bond donors (Lipinski definition) is 1. The molecule has 160 valence electrons. The summed E-state index contributed by atoms with van der Waals surface area (Å²) in [5, 5.41) is 14.1. The first-order valence-corrected chi connectivity index (χ1v) is 10.8. The third-order valence-corrected chi connectivity index (χ3v) is 5.61. The summed E-state index contributed by atoms with van der Waals surface area (Å²) < 4.78 is 16.3. The number of thioether (sulfide) groups is 1. The summed E-state index contributed by atoms with van der Waals surface area (Å²) >= 11 is 1.35. The van der Waals surface area contributed by atoms with Gasteiger partial charge in [0, 0.05) is 24.7 Å². The number of hydrogen-bond acceptors (Lipinski definition) is 8. The molecule has 1 amide bonds. The van der Waals surface area contributed by atoms with Crippen LogP contribution in [0.5, 0.6) is 5.75 Å². The van der Waals surface area contributed by atoms with Gasteiger partial charge in [0.1, 0.15) is 24.0 Å². The highest BCUT2D eigenvalue weighted by molar-refractivity contribution is 8.18. The van der Waals surface area contributed by atoms with E-state index in [-0.39, 0.29) is 5.91 Å². The molecule has 2 aromatic rings. The smallest absolute Gasteiger partial charge is 0.286 e. The Bertz CT molecular complexity index is 1090. The van der Waals surface area contributed by atoms with Crippen LogP contribution in [0.25, 0.3) is 17.0 Å². The normalized spacial score (nSPS) is 17.1. The third kappa shape index (κ3) is 5.41. The number of carbonyl (C=O) groups is 1. The molecule has 1 aliphatic heterocycles. The zero-order valence-corrected chi connectivity index (χ0v) is 17.9. The lowest BCUT2D eigenvalue weighted by Gasteiger charge is -2.11. The number of pyridine rings is 1. The molecule has 1 aromatic carbocycles. The summed E-state index contributed by atoms with van der Waals surface area (Å²) in [5.41, 5.74) is 1.86. The Hall–Kier alpha value is -2.93. The van der Waals surface area contributed by atoms with Crippen LogP contribution in [-0.2, 0) is 14.3 Å². The number of rotatable bonds is 9. The molecular formula is C22H22N4O4S. The summed E-state index contributed by atoms with van der Waals surface area (Å²) in [6, 6.07) is 8.17. The van der Waals surface area contributed by atoms with Crippen LogP contribution in [0.1, 0.15) is 24.0 Å². The predicted octanol–water partition coefficient (Wildman–Crippen LogP) is 2.87. The van der Waals surface area contributed by atoms with E-state index in [1.165, 1.54) is 18.0 Å². The maximum absolute atomic E-state index is 12.3.